The number of hydrogen-bond acceptors (Lipinski definition) is 5. The highest BCUT2D eigenvalue weighted by Gasteiger charge is 2.42. The van der Waals surface area contributed by atoms with Crippen molar-refractivity contribution >= 4 is 18.0 Å². The van der Waals surface area contributed by atoms with Crippen LogP contribution in [0.4, 0.5) is 13.6 Å². The second-order valence-electron chi connectivity index (χ2n) is 7.41. The number of fused-ring (bicyclic) bond motifs is 3. The van der Waals surface area contributed by atoms with Gasteiger partial charge >= 0.3 is 18.0 Å². The van der Waals surface area contributed by atoms with E-state index >= 15 is 0 Å². The number of carbonyl (C=O) groups excluding carboxylic acids is 2. The van der Waals surface area contributed by atoms with E-state index in [9.17, 15) is 28.3 Å². The predicted molar refractivity (Wildman–Crippen MR) is 109 cm³/mol. The summed E-state index contributed by atoms with van der Waals surface area (Å²) in [6.45, 7) is -0.464. The molecular weight excluding hydrogens is 426 g/mol. The fraction of sp³-hybridized carbons (Fsp3) is 0.318. The number of aliphatic hydroxyl groups is 1. The number of benzene rings is 2. The van der Waals surface area contributed by atoms with Gasteiger partial charge in [0.2, 0.25) is 0 Å². The van der Waals surface area contributed by atoms with E-state index in [-0.39, 0.29) is 12.5 Å². The molecule has 1 aliphatic rings. The monoisotopic (exact) mass is 448 g/mol. The lowest BCUT2D eigenvalue weighted by Crippen LogP contribution is -2.55. The molecule has 0 fully saturated rings. The maximum Gasteiger partial charge on any atom is 0.407 e. The third-order valence-corrected chi connectivity index (χ3v) is 5.17. The number of carboxylic acid groups (broad SMARTS) is 1. The van der Waals surface area contributed by atoms with Gasteiger partial charge in [0.15, 0.2) is 6.04 Å². The number of alkyl carbamates (subject to hydrolysis) is 1. The van der Waals surface area contributed by atoms with E-state index in [0.29, 0.717) is 0 Å². The Kier molecular flexibility index (Phi) is 6.73. The Balaban J connectivity index is 1.57. The van der Waals surface area contributed by atoms with Crippen LogP contribution in [-0.2, 0) is 14.3 Å². The quantitative estimate of drug-likeness (QED) is 0.490. The van der Waals surface area contributed by atoms with Crippen LogP contribution >= 0.6 is 0 Å². The maximum absolute atomic E-state index is 14.0. The normalized spacial score (nSPS) is 14.6. The summed E-state index contributed by atoms with van der Waals surface area (Å²) < 4.78 is 33.2. The summed E-state index contributed by atoms with van der Waals surface area (Å²) >= 11 is 0. The Hall–Kier alpha value is -3.53. The average molecular weight is 448 g/mol. The van der Waals surface area contributed by atoms with Gasteiger partial charge in [0.05, 0.1) is 12.6 Å². The summed E-state index contributed by atoms with van der Waals surface area (Å²) in [5, 5.41) is 21.6. The number of alkyl halides is 2. The predicted octanol–water partition coefficient (Wildman–Crippen LogP) is 2.11. The molecule has 0 heterocycles. The van der Waals surface area contributed by atoms with Gasteiger partial charge < -0.3 is 25.6 Å². The minimum atomic E-state index is -4.12. The summed E-state index contributed by atoms with van der Waals surface area (Å²) in [6, 6.07) is 13.3. The minimum absolute atomic E-state index is 0.0965. The smallest absolute Gasteiger partial charge is 0.407 e. The third-order valence-electron chi connectivity index (χ3n) is 5.17. The Morgan fingerprint density at radius 1 is 1.06 bits per heavy atom. The standard InChI is InChI=1S/C22H22F2N2O6/c1-12(27)18(19(28)29)26-20(30)22(23,24)11-25-21(31)32-10-17-15-8-4-2-6-13(15)14-7-3-5-9-16(14)17/h2-9,12,17-18,27H,10-11H2,1H3,(H,25,31)(H,26,30)(H,28,29)/t12-,18+/m1/s1. The van der Waals surface area contributed by atoms with Crippen LogP contribution in [0.3, 0.4) is 0 Å². The SMILES string of the molecule is C[C@@H](O)[C@H](NC(=O)C(F)(F)CNC(=O)OCC1c2ccccc2-c2ccccc21)C(=O)O. The maximum atomic E-state index is 14.0. The van der Waals surface area contributed by atoms with Gasteiger partial charge in [-0.2, -0.15) is 8.78 Å². The zero-order valence-corrected chi connectivity index (χ0v) is 17.0. The lowest BCUT2D eigenvalue weighted by Gasteiger charge is -2.22. The van der Waals surface area contributed by atoms with Gasteiger partial charge in [-0.05, 0) is 29.2 Å². The number of amides is 2. The van der Waals surface area contributed by atoms with Crippen LogP contribution in [-0.4, -0.2) is 59.4 Å². The zero-order chi connectivity index (χ0) is 23.5. The molecule has 0 saturated heterocycles. The Morgan fingerprint density at radius 3 is 2.09 bits per heavy atom. The molecule has 0 bridgehead atoms. The third kappa shape index (κ3) is 4.86. The van der Waals surface area contributed by atoms with Crippen LogP contribution in [0.2, 0.25) is 0 Å². The van der Waals surface area contributed by atoms with Gasteiger partial charge in [0.25, 0.3) is 5.91 Å². The molecule has 3 rings (SSSR count). The Morgan fingerprint density at radius 2 is 1.59 bits per heavy atom. The highest BCUT2D eigenvalue weighted by Crippen LogP contribution is 2.44. The van der Waals surface area contributed by atoms with Crippen molar-refractivity contribution in [1.29, 1.82) is 0 Å². The fourth-order valence-electron chi connectivity index (χ4n) is 3.55. The summed E-state index contributed by atoms with van der Waals surface area (Å²) in [4.78, 5) is 34.7. The topological polar surface area (TPSA) is 125 Å². The first-order chi connectivity index (χ1) is 15.1. The molecule has 170 valence electrons. The van der Waals surface area contributed by atoms with E-state index in [4.69, 9.17) is 9.84 Å². The molecule has 10 heteroatoms. The van der Waals surface area contributed by atoms with Crippen molar-refractivity contribution in [3.63, 3.8) is 0 Å². The number of aliphatic carboxylic acids is 1. The molecule has 1 aliphatic carbocycles. The highest BCUT2D eigenvalue weighted by molar-refractivity contribution is 5.89. The molecule has 32 heavy (non-hydrogen) atoms. The number of nitrogens with one attached hydrogen (secondary N) is 2. The van der Waals surface area contributed by atoms with Crippen molar-refractivity contribution in [1.82, 2.24) is 10.6 Å². The molecule has 0 aliphatic heterocycles. The number of carbonyl (C=O) groups is 3. The molecule has 4 N–H and O–H groups in total. The van der Waals surface area contributed by atoms with Gasteiger partial charge in [-0.3, -0.25) is 4.79 Å². The number of aliphatic hydroxyl groups excluding tert-OH is 1. The Labute approximate surface area is 182 Å². The second-order valence-corrected chi connectivity index (χ2v) is 7.41. The van der Waals surface area contributed by atoms with Crippen LogP contribution in [0, 0.1) is 0 Å². The van der Waals surface area contributed by atoms with Gasteiger partial charge in [-0.15, -0.1) is 0 Å². The Bertz CT molecular complexity index is 981. The van der Waals surface area contributed by atoms with Crippen LogP contribution in [0.25, 0.3) is 11.1 Å². The molecule has 2 aromatic rings. The molecule has 0 spiro atoms. The molecule has 8 nitrogen and oxygen atoms in total. The zero-order valence-electron chi connectivity index (χ0n) is 17.0. The van der Waals surface area contributed by atoms with Gasteiger partial charge in [-0.1, -0.05) is 48.5 Å². The number of rotatable bonds is 8. The van der Waals surface area contributed by atoms with Crippen molar-refractivity contribution < 1.29 is 38.1 Å². The van der Waals surface area contributed by atoms with Crippen LogP contribution in [0.15, 0.2) is 48.5 Å². The average Bonchev–Trinajstić information content (AvgIpc) is 3.07. The molecule has 0 radical (unpaired) electrons. The van der Waals surface area contributed by atoms with Crippen LogP contribution in [0.1, 0.15) is 24.0 Å². The number of ether oxygens (including phenoxy) is 1. The number of hydrogen-bond donors (Lipinski definition) is 4. The van der Waals surface area contributed by atoms with Crippen LogP contribution in [0.5, 0.6) is 0 Å². The summed E-state index contributed by atoms with van der Waals surface area (Å²) in [5.41, 5.74) is 3.91. The van der Waals surface area contributed by atoms with Gasteiger partial charge in [-0.25, -0.2) is 9.59 Å². The van der Waals surface area contributed by atoms with Crippen molar-refractivity contribution in [3.05, 3.63) is 59.7 Å². The molecule has 0 unspecified atom stereocenters. The molecule has 2 aromatic carbocycles. The van der Waals surface area contributed by atoms with Crippen molar-refractivity contribution in [2.45, 2.75) is 30.9 Å². The van der Waals surface area contributed by atoms with Crippen molar-refractivity contribution in [2.75, 3.05) is 13.2 Å². The molecule has 0 aromatic heterocycles. The first kappa shape index (κ1) is 23.1. The highest BCUT2D eigenvalue weighted by atomic mass is 19.3. The summed E-state index contributed by atoms with van der Waals surface area (Å²) in [6.07, 6.45) is -2.74. The first-order valence-corrected chi connectivity index (χ1v) is 9.80. The van der Waals surface area contributed by atoms with Crippen molar-refractivity contribution in [2.24, 2.45) is 0 Å². The fourth-order valence-corrected chi connectivity index (χ4v) is 3.55. The molecular formula is C22H22F2N2O6. The first-order valence-electron chi connectivity index (χ1n) is 9.80. The summed E-state index contributed by atoms with van der Waals surface area (Å²) in [5.74, 6) is -7.99. The largest absolute Gasteiger partial charge is 0.480 e. The van der Waals surface area contributed by atoms with E-state index in [1.807, 2.05) is 53.8 Å². The van der Waals surface area contributed by atoms with Gasteiger partial charge in [0.1, 0.15) is 6.61 Å². The van der Waals surface area contributed by atoms with E-state index in [0.717, 1.165) is 29.2 Å². The lowest BCUT2D eigenvalue weighted by molar-refractivity contribution is -0.152. The molecule has 2 atom stereocenters. The molecule has 0 saturated carbocycles. The summed E-state index contributed by atoms with van der Waals surface area (Å²) in [7, 11) is 0. The number of halogens is 2. The van der Waals surface area contributed by atoms with E-state index in [1.165, 1.54) is 0 Å². The second kappa shape index (κ2) is 9.31. The van der Waals surface area contributed by atoms with Crippen LogP contribution < -0.4 is 10.6 Å². The number of carboxylic acids is 1. The van der Waals surface area contributed by atoms with Gasteiger partial charge in [0, 0.05) is 5.92 Å². The minimum Gasteiger partial charge on any atom is -0.480 e. The van der Waals surface area contributed by atoms with E-state index < -0.39 is 42.6 Å². The van der Waals surface area contributed by atoms with Crippen molar-refractivity contribution in [3.8, 4) is 11.1 Å². The van der Waals surface area contributed by atoms with E-state index in [1.54, 1.807) is 5.32 Å². The lowest BCUT2D eigenvalue weighted by atomic mass is 9.98. The van der Waals surface area contributed by atoms with E-state index in [2.05, 4.69) is 0 Å². The molecule has 2 amide bonds.